The molecule has 2 aromatic rings. The number of hydrogen-bond donors (Lipinski definition) is 1. The van der Waals surface area contributed by atoms with Crippen molar-refractivity contribution in [3.63, 3.8) is 0 Å². The molecule has 0 spiro atoms. The van der Waals surface area contributed by atoms with Crippen molar-refractivity contribution in [1.82, 2.24) is 9.78 Å². The zero-order valence-corrected chi connectivity index (χ0v) is 9.91. The highest BCUT2D eigenvalue weighted by molar-refractivity contribution is 6.30. The van der Waals surface area contributed by atoms with Crippen LogP contribution in [0.5, 0.6) is 5.75 Å². The Hall–Kier alpha value is -1.75. The minimum Gasteiger partial charge on any atom is -0.491 e. The van der Waals surface area contributed by atoms with E-state index in [4.69, 9.17) is 22.1 Å². The number of hydrogen-bond acceptors (Lipinski definition) is 3. The summed E-state index contributed by atoms with van der Waals surface area (Å²) in [5.74, 6) is -0.352. The lowest BCUT2D eigenvalue weighted by Gasteiger charge is -2.10. The first-order valence-corrected chi connectivity index (χ1v) is 5.42. The van der Waals surface area contributed by atoms with Crippen molar-refractivity contribution < 1.29 is 9.13 Å². The van der Waals surface area contributed by atoms with Crippen LogP contribution < -0.4 is 10.5 Å². The molecule has 4 nitrogen and oxygen atoms in total. The predicted octanol–water partition coefficient (Wildman–Crippen LogP) is 2.65. The maximum atomic E-state index is 13.5. The van der Waals surface area contributed by atoms with Crippen molar-refractivity contribution >= 4 is 17.3 Å². The summed E-state index contributed by atoms with van der Waals surface area (Å²) in [6, 6.07) is 2.70. The first kappa shape index (κ1) is 11.7. The molecule has 1 heterocycles. The lowest BCUT2D eigenvalue weighted by molar-refractivity contribution is 0.321. The van der Waals surface area contributed by atoms with Gasteiger partial charge in [-0.2, -0.15) is 5.10 Å². The molecule has 2 rings (SSSR count). The summed E-state index contributed by atoms with van der Waals surface area (Å²) >= 11 is 5.77. The van der Waals surface area contributed by atoms with Gasteiger partial charge in [0.1, 0.15) is 0 Å². The number of nitrogens with two attached hydrogens (primary N) is 1. The highest BCUT2D eigenvalue weighted by Crippen LogP contribution is 2.27. The van der Waals surface area contributed by atoms with Crippen molar-refractivity contribution in [1.29, 1.82) is 0 Å². The second-order valence-electron chi connectivity index (χ2n) is 3.38. The Morgan fingerprint density at radius 1 is 1.53 bits per heavy atom. The van der Waals surface area contributed by atoms with Gasteiger partial charge in [-0.1, -0.05) is 11.6 Å². The third-order valence-corrected chi connectivity index (χ3v) is 2.37. The van der Waals surface area contributed by atoms with Crippen molar-refractivity contribution in [3.8, 4) is 11.4 Å². The highest BCUT2D eigenvalue weighted by atomic mass is 35.5. The highest BCUT2D eigenvalue weighted by Gasteiger charge is 2.11. The molecule has 0 atom stereocenters. The Bertz CT molecular complexity index is 542. The molecule has 0 radical (unpaired) electrons. The van der Waals surface area contributed by atoms with Crippen LogP contribution in [-0.2, 0) is 0 Å². The topological polar surface area (TPSA) is 53.1 Å². The molecule has 0 fully saturated rings. The van der Waals surface area contributed by atoms with E-state index in [0.717, 1.165) is 0 Å². The molecule has 0 amide bonds. The fourth-order valence-corrected chi connectivity index (χ4v) is 1.59. The van der Waals surface area contributed by atoms with Gasteiger partial charge in [-0.05, 0) is 6.92 Å². The van der Waals surface area contributed by atoms with E-state index in [1.165, 1.54) is 23.0 Å². The lowest BCUT2D eigenvalue weighted by atomic mass is 10.2. The molecule has 17 heavy (non-hydrogen) atoms. The van der Waals surface area contributed by atoms with Crippen LogP contribution in [0.2, 0.25) is 5.02 Å². The summed E-state index contributed by atoms with van der Waals surface area (Å²) in [7, 11) is 0. The monoisotopic (exact) mass is 255 g/mol. The van der Waals surface area contributed by atoms with E-state index in [-0.39, 0.29) is 11.4 Å². The smallest absolute Gasteiger partial charge is 0.167 e. The summed E-state index contributed by atoms with van der Waals surface area (Å²) in [6.45, 7) is 2.15. The van der Waals surface area contributed by atoms with Crippen LogP contribution in [-0.4, -0.2) is 16.4 Å². The van der Waals surface area contributed by atoms with Gasteiger partial charge < -0.3 is 10.5 Å². The van der Waals surface area contributed by atoms with Gasteiger partial charge in [0, 0.05) is 18.3 Å². The van der Waals surface area contributed by atoms with Crippen molar-refractivity contribution in [3.05, 3.63) is 35.4 Å². The van der Waals surface area contributed by atoms with E-state index >= 15 is 0 Å². The molecule has 90 valence electrons. The van der Waals surface area contributed by atoms with E-state index in [0.29, 0.717) is 17.3 Å². The van der Waals surface area contributed by atoms with Crippen molar-refractivity contribution in [2.24, 2.45) is 0 Å². The van der Waals surface area contributed by atoms with Gasteiger partial charge in [-0.3, -0.25) is 0 Å². The van der Waals surface area contributed by atoms with Gasteiger partial charge in [0.05, 0.1) is 29.2 Å². The summed E-state index contributed by atoms with van der Waals surface area (Å²) in [5.41, 5.74) is 6.53. The van der Waals surface area contributed by atoms with Crippen LogP contribution in [0, 0.1) is 5.82 Å². The predicted molar refractivity (Wildman–Crippen MR) is 64.1 cm³/mol. The number of aromatic nitrogens is 2. The van der Waals surface area contributed by atoms with Crippen LogP contribution in [0.1, 0.15) is 6.92 Å². The first-order valence-electron chi connectivity index (χ1n) is 5.04. The quantitative estimate of drug-likeness (QED) is 0.858. The molecule has 6 heteroatoms. The van der Waals surface area contributed by atoms with Crippen LogP contribution in [0.4, 0.5) is 10.1 Å². The summed E-state index contributed by atoms with van der Waals surface area (Å²) < 4.78 is 20.1. The standard InChI is InChI=1S/C11H11ClFN3O/c1-2-17-11-4-10(9(14)3-8(11)13)16-6-7(12)5-15-16/h3-6H,2,14H2,1H3. The van der Waals surface area contributed by atoms with Gasteiger partial charge in [0.25, 0.3) is 0 Å². The second kappa shape index (κ2) is 4.63. The third kappa shape index (κ3) is 2.34. The number of benzene rings is 1. The summed E-state index contributed by atoms with van der Waals surface area (Å²) in [4.78, 5) is 0. The fourth-order valence-electron chi connectivity index (χ4n) is 1.46. The average molecular weight is 256 g/mol. The van der Waals surface area contributed by atoms with Gasteiger partial charge in [-0.15, -0.1) is 0 Å². The van der Waals surface area contributed by atoms with E-state index in [1.54, 1.807) is 13.1 Å². The number of rotatable bonds is 3. The van der Waals surface area contributed by atoms with Crippen LogP contribution >= 0.6 is 11.6 Å². The molecule has 0 aliphatic carbocycles. The van der Waals surface area contributed by atoms with Gasteiger partial charge in [0.15, 0.2) is 11.6 Å². The van der Waals surface area contributed by atoms with Gasteiger partial charge >= 0.3 is 0 Å². The SMILES string of the molecule is CCOc1cc(-n2cc(Cl)cn2)c(N)cc1F. The number of nitrogens with zero attached hydrogens (tertiary/aromatic N) is 2. The van der Waals surface area contributed by atoms with Crippen LogP contribution in [0.25, 0.3) is 5.69 Å². The normalized spacial score (nSPS) is 10.5. The van der Waals surface area contributed by atoms with Crippen molar-refractivity contribution in [2.75, 3.05) is 12.3 Å². The number of nitrogen functional groups attached to an aromatic ring is 1. The zero-order chi connectivity index (χ0) is 12.4. The molecule has 0 aliphatic heterocycles. The maximum Gasteiger partial charge on any atom is 0.167 e. The fraction of sp³-hybridized carbons (Fsp3) is 0.182. The molecule has 1 aromatic carbocycles. The Morgan fingerprint density at radius 2 is 2.29 bits per heavy atom. The van der Waals surface area contributed by atoms with E-state index in [9.17, 15) is 4.39 Å². The number of ether oxygens (including phenoxy) is 1. The molecule has 0 saturated heterocycles. The molecule has 2 N–H and O–H groups in total. The molecule has 0 aliphatic rings. The second-order valence-corrected chi connectivity index (χ2v) is 3.81. The Balaban J connectivity index is 2.50. The molecular formula is C11H11ClFN3O. The summed E-state index contributed by atoms with van der Waals surface area (Å²) in [5, 5.41) is 4.48. The zero-order valence-electron chi connectivity index (χ0n) is 9.15. The third-order valence-electron chi connectivity index (χ3n) is 2.18. The lowest BCUT2D eigenvalue weighted by Crippen LogP contribution is -2.03. The molecule has 0 unspecified atom stereocenters. The largest absolute Gasteiger partial charge is 0.491 e. The average Bonchev–Trinajstić information content (AvgIpc) is 2.69. The number of halogens is 2. The Kier molecular flexibility index (Phi) is 3.19. The summed E-state index contributed by atoms with van der Waals surface area (Å²) in [6.07, 6.45) is 3.06. The number of anilines is 1. The molecular weight excluding hydrogens is 245 g/mol. The van der Waals surface area contributed by atoms with Crippen molar-refractivity contribution in [2.45, 2.75) is 6.92 Å². The Morgan fingerprint density at radius 3 is 2.88 bits per heavy atom. The molecule has 0 bridgehead atoms. The molecule has 0 saturated carbocycles. The minimum absolute atomic E-state index is 0.142. The van der Waals surface area contributed by atoms with Gasteiger partial charge in [-0.25, -0.2) is 9.07 Å². The van der Waals surface area contributed by atoms with Gasteiger partial charge in [0.2, 0.25) is 0 Å². The van der Waals surface area contributed by atoms with E-state index < -0.39 is 5.82 Å². The minimum atomic E-state index is -0.494. The van der Waals surface area contributed by atoms with Crippen LogP contribution in [0.15, 0.2) is 24.5 Å². The first-order chi connectivity index (χ1) is 8.11. The van der Waals surface area contributed by atoms with E-state index in [2.05, 4.69) is 5.10 Å². The van der Waals surface area contributed by atoms with Crippen LogP contribution in [0.3, 0.4) is 0 Å². The Labute approximate surface area is 103 Å². The molecule has 1 aromatic heterocycles. The van der Waals surface area contributed by atoms with E-state index in [1.807, 2.05) is 0 Å². The maximum absolute atomic E-state index is 13.5.